The third kappa shape index (κ3) is 3.48. The minimum absolute atomic E-state index is 0.0568. The smallest absolute Gasteiger partial charge is 0.339 e. The predicted molar refractivity (Wildman–Crippen MR) is 78.4 cm³/mol. The first-order valence-corrected chi connectivity index (χ1v) is 6.59. The molecular formula is C17H16O4. The van der Waals surface area contributed by atoms with Crippen molar-refractivity contribution in [2.45, 2.75) is 20.0 Å². The number of ether oxygens (including phenoxy) is 1. The van der Waals surface area contributed by atoms with Crippen molar-refractivity contribution in [3.63, 3.8) is 0 Å². The van der Waals surface area contributed by atoms with Gasteiger partial charge < -0.3 is 9.84 Å². The zero-order valence-electron chi connectivity index (χ0n) is 11.9. The lowest BCUT2D eigenvalue weighted by Gasteiger charge is -2.14. The van der Waals surface area contributed by atoms with E-state index in [1.807, 2.05) is 31.2 Å². The molecule has 0 fully saturated rings. The fourth-order valence-corrected chi connectivity index (χ4v) is 1.98. The third-order valence-electron chi connectivity index (χ3n) is 3.21. The van der Waals surface area contributed by atoms with E-state index in [2.05, 4.69) is 0 Å². The summed E-state index contributed by atoms with van der Waals surface area (Å²) in [6.45, 7) is 3.73. The highest BCUT2D eigenvalue weighted by Crippen LogP contribution is 2.20. The van der Waals surface area contributed by atoms with Crippen LogP contribution in [0.3, 0.4) is 0 Å². The average molecular weight is 284 g/mol. The fourth-order valence-electron chi connectivity index (χ4n) is 1.98. The molecule has 0 bridgehead atoms. The molecule has 2 aromatic carbocycles. The standard InChI is InChI=1S/C17H16O4/c1-11-7-9-13(10-8-11)12(2)21-17(20)15-6-4-3-5-14(15)16(18)19/h3-10,12H,1-2H3,(H,18,19). The predicted octanol–water partition coefficient (Wildman–Crippen LogP) is 3.61. The second-order valence-corrected chi connectivity index (χ2v) is 4.81. The van der Waals surface area contributed by atoms with Gasteiger partial charge in [0.2, 0.25) is 0 Å². The zero-order valence-corrected chi connectivity index (χ0v) is 11.9. The van der Waals surface area contributed by atoms with Crippen LogP contribution in [0, 0.1) is 6.92 Å². The molecular weight excluding hydrogens is 268 g/mol. The van der Waals surface area contributed by atoms with E-state index in [-0.39, 0.29) is 11.1 Å². The number of aromatic carboxylic acids is 1. The van der Waals surface area contributed by atoms with E-state index in [1.54, 1.807) is 19.1 Å². The number of carboxylic acids is 1. The number of carbonyl (C=O) groups excluding carboxylic acids is 1. The van der Waals surface area contributed by atoms with Crippen molar-refractivity contribution in [1.29, 1.82) is 0 Å². The summed E-state index contributed by atoms with van der Waals surface area (Å²) < 4.78 is 5.35. The number of hydrogen-bond acceptors (Lipinski definition) is 3. The van der Waals surface area contributed by atoms with Gasteiger partial charge in [0.25, 0.3) is 0 Å². The Labute approximate surface area is 123 Å². The van der Waals surface area contributed by atoms with Crippen LogP contribution < -0.4 is 0 Å². The summed E-state index contributed by atoms with van der Waals surface area (Å²) in [7, 11) is 0. The highest BCUT2D eigenvalue weighted by Gasteiger charge is 2.19. The average Bonchev–Trinajstić information content (AvgIpc) is 2.47. The number of carbonyl (C=O) groups is 2. The van der Waals surface area contributed by atoms with E-state index in [0.717, 1.165) is 11.1 Å². The normalized spacial score (nSPS) is 11.7. The van der Waals surface area contributed by atoms with E-state index < -0.39 is 18.0 Å². The monoisotopic (exact) mass is 284 g/mol. The molecule has 2 aromatic rings. The van der Waals surface area contributed by atoms with Crippen molar-refractivity contribution in [2.24, 2.45) is 0 Å². The Morgan fingerprint density at radius 3 is 2.14 bits per heavy atom. The molecule has 0 aromatic heterocycles. The summed E-state index contributed by atoms with van der Waals surface area (Å²) in [5.74, 6) is -1.79. The highest BCUT2D eigenvalue weighted by molar-refractivity contribution is 6.02. The number of aryl methyl sites for hydroxylation is 1. The minimum Gasteiger partial charge on any atom is -0.478 e. The largest absolute Gasteiger partial charge is 0.478 e. The molecule has 2 rings (SSSR count). The number of hydrogen-bond donors (Lipinski definition) is 1. The Morgan fingerprint density at radius 1 is 1.00 bits per heavy atom. The minimum atomic E-state index is -1.15. The quantitative estimate of drug-likeness (QED) is 0.871. The number of rotatable bonds is 4. The van der Waals surface area contributed by atoms with Crippen molar-refractivity contribution in [1.82, 2.24) is 0 Å². The second-order valence-electron chi connectivity index (χ2n) is 4.81. The van der Waals surface area contributed by atoms with Crippen molar-refractivity contribution < 1.29 is 19.4 Å². The first-order chi connectivity index (χ1) is 9.99. The van der Waals surface area contributed by atoms with Crippen LogP contribution in [0.15, 0.2) is 48.5 Å². The molecule has 1 unspecified atom stereocenters. The van der Waals surface area contributed by atoms with Crippen molar-refractivity contribution >= 4 is 11.9 Å². The fraction of sp³-hybridized carbons (Fsp3) is 0.176. The molecule has 0 aliphatic heterocycles. The van der Waals surface area contributed by atoms with Crippen LogP contribution in [0.1, 0.15) is 44.9 Å². The van der Waals surface area contributed by atoms with Gasteiger partial charge in [-0.2, -0.15) is 0 Å². The summed E-state index contributed by atoms with van der Waals surface area (Å²) in [5, 5.41) is 9.09. The van der Waals surface area contributed by atoms with Crippen molar-refractivity contribution in [3.8, 4) is 0 Å². The van der Waals surface area contributed by atoms with Crippen LogP contribution >= 0.6 is 0 Å². The number of esters is 1. The summed E-state index contributed by atoms with van der Waals surface area (Å²) in [6, 6.07) is 13.7. The summed E-state index contributed by atoms with van der Waals surface area (Å²) in [5.41, 5.74) is 1.98. The van der Waals surface area contributed by atoms with Gasteiger partial charge in [0.15, 0.2) is 0 Å². The topological polar surface area (TPSA) is 63.6 Å². The summed E-state index contributed by atoms with van der Waals surface area (Å²) in [6.07, 6.45) is -0.444. The van der Waals surface area contributed by atoms with Gasteiger partial charge in [-0.25, -0.2) is 9.59 Å². The summed E-state index contributed by atoms with van der Waals surface area (Å²) >= 11 is 0. The van der Waals surface area contributed by atoms with Gasteiger partial charge in [0.1, 0.15) is 6.10 Å². The van der Waals surface area contributed by atoms with E-state index >= 15 is 0 Å². The lowest BCUT2D eigenvalue weighted by Crippen LogP contribution is -2.13. The van der Waals surface area contributed by atoms with Gasteiger partial charge in [0.05, 0.1) is 11.1 Å². The van der Waals surface area contributed by atoms with Crippen LogP contribution in [0.5, 0.6) is 0 Å². The molecule has 0 radical (unpaired) electrons. The van der Waals surface area contributed by atoms with Crippen LogP contribution in [-0.2, 0) is 4.74 Å². The molecule has 0 saturated carbocycles. The molecule has 0 aliphatic carbocycles. The van der Waals surface area contributed by atoms with Crippen molar-refractivity contribution in [2.75, 3.05) is 0 Å². The van der Waals surface area contributed by atoms with Gasteiger partial charge in [-0.3, -0.25) is 0 Å². The van der Waals surface area contributed by atoms with Gasteiger partial charge >= 0.3 is 11.9 Å². The Kier molecular flexibility index (Phi) is 4.38. The molecule has 1 atom stereocenters. The van der Waals surface area contributed by atoms with E-state index in [1.165, 1.54) is 12.1 Å². The Balaban J connectivity index is 2.18. The van der Waals surface area contributed by atoms with Crippen LogP contribution in [0.25, 0.3) is 0 Å². The maximum atomic E-state index is 12.1. The van der Waals surface area contributed by atoms with Gasteiger partial charge in [-0.1, -0.05) is 42.0 Å². The highest BCUT2D eigenvalue weighted by atomic mass is 16.5. The van der Waals surface area contributed by atoms with Crippen LogP contribution in [-0.4, -0.2) is 17.0 Å². The van der Waals surface area contributed by atoms with Crippen LogP contribution in [0.4, 0.5) is 0 Å². The Hall–Kier alpha value is -2.62. The maximum Gasteiger partial charge on any atom is 0.339 e. The Bertz CT molecular complexity index is 659. The third-order valence-corrected chi connectivity index (χ3v) is 3.21. The SMILES string of the molecule is Cc1ccc(C(C)OC(=O)c2ccccc2C(=O)O)cc1. The van der Waals surface area contributed by atoms with E-state index in [9.17, 15) is 9.59 Å². The molecule has 0 heterocycles. The van der Waals surface area contributed by atoms with E-state index in [0.29, 0.717) is 0 Å². The number of benzene rings is 2. The Morgan fingerprint density at radius 2 is 1.57 bits per heavy atom. The number of carboxylic acid groups (broad SMARTS) is 1. The first-order valence-electron chi connectivity index (χ1n) is 6.59. The molecule has 0 aliphatic rings. The molecule has 4 heteroatoms. The van der Waals surface area contributed by atoms with E-state index in [4.69, 9.17) is 9.84 Å². The van der Waals surface area contributed by atoms with Gasteiger partial charge in [-0.15, -0.1) is 0 Å². The maximum absolute atomic E-state index is 12.1. The molecule has 1 N–H and O–H groups in total. The first kappa shape index (κ1) is 14.8. The molecule has 0 saturated heterocycles. The molecule has 21 heavy (non-hydrogen) atoms. The lowest BCUT2D eigenvalue weighted by molar-refractivity contribution is 0.0331. The molecule has 0 spiro atoms. The lowest BCUT2D eigenvalue weighted by atomic mass is 10.1. The second kappa shape index (κ2) is 6.22. The van der Waals surface area contributed by atoms with Gasteiger partial charge in [-0.05, 0) is 31.5 Å². The van der Waals surface area contributed by atoms with Gasteiger partial charge in [0, 0.05) is 0 Å². The molecule has 4 nitrogen and oxygen atoms in total. The molecule has 108 valence electrons. The summed E-state index contributed by atoms with van der Waals surface area (Å²) in [4.78, 5) is 23.2. The van der Waals surface area contributed by atoms with Crippen LogP contribution in [0.2, 0.25) is 0 Å². The molecule has 0 amide bonds. The van der Waals surface area contributed by atoms with Crippen molar-refractivity contribution in [3.05, 3.63) is 70.8 Å². The zero-order chi connectivity index (χ0) is 15.4.